The van der Waals surface area contributed by atoms with Crippen LogP contribution in [0.5, 0.6) is 0 Å². The molecule has 20 heavy (non-hydrogen) atoms. The molecule has 4 nitrogen and oxygen atoms in total. The fraction of sp³-hybridized carbons (Fsp3) is 0.333. The smallest absolute Gasteiger partial charge is 0.269 e. The summed E-state index contributed by atoms with van der Waals surface area (Å²) in [7, 11) is 0. The molecule has 2 aromatic rings. The van der Waals surface area contributed by atoms with E-state index in [0.29, 0.717) is 0 Å². The van der Waals surface area contributed by atoms with Crippen molar-refractivity contribution in [2.45, 2.75) is 26.3 Å². The first-order valence-corrected chi connectivity index (χ1v) is 7.58. The lowest BCUT2D eigenvalue weighted by Crippen LogP contribution is -2.16. The van der Waals surface area contributed by atoms with E-state index in [1.165, 1.54) is 10.4 Å². The first-order valence-electron chi connectivity index (χ1n) is 6.70. The fourth-order valence-electron chi connectivity index (χ4n) is 2.06. The van der Waals surface area contributed by atoms with E-state index in [2.05, 4.69) is 23.7 Å². The fourth-order valence-corrected chi connectivity index (χ4v) is 3.00. The molecule has 0 spiro atoms. The van der Waals surface area contributed by atoms with E-state index >= 15 is 0 Å². The number of nitro benzene ring substituents is 1. The molecule has 0 radical (unpaired) electrons. The van der Waals surface area contributed by atoms with Crippen molar-refractivity contribution in [3.05, 3.63) is 61.8 Å². The summed E-state index contributed by atoms with van der Waals surface area (Å²) in [5.74, 6) is 0. The minimum atomic E-state index is -0.370. The Labute approximate surface area is 122 Å². The number of hydrogen-bond donors (Lipinski definition) is 1. The van der Waals surface area contributed by atoms with Crippen molar-refractivity contribution in [3.8, 4) is 0 Å². The summed E-state index contributed by atoms with van der Waals surface area (Å²) in [5.41, 5.74) is 2.68. The predicted octanol–water partition coefficient (Wildman–Crippen LogP) is 3.55. The Morgan fingerprint density at radius 2 is 2.00 bits per heavy atom. The zero-order chi connectivity index (χ0) is 14.4. The molecule has 1 aromatic carbocycles. The van der Waals surface area contributed by atoms with E-state index in [0.717, 1.165) is 31.5 Å². The SMILES string of the molecule is CCc1ccsc1CNCCc1ccc([N+](=O)[O-])cc1. The third kappa shape index (κ3) is 3.88. The van der Waals surface area contributed by atoms with Crippen LogP contribution in [-0.2, 0) is 19.4 Å². The minimum absolute atomic E-state index is 0.146. The lowest BCUT2D eigenvalue weighted by Gasteiger charge is -2.05. The lowest BCUT2D eigenvalue weighted by molar-refractivity contribution is -0.384. The van der Waals surface area contributed by atoms with Crippen LogP contribution in [0, 0.1) is 10.1 Å². The summed E-state index contributed by atoms with van der Waals surface area (Å²) in [4.78, 5) is 11.6. The van der Waals surface area contributed by atoms with Crippen LogP contribution in [0.15, 0.2) is 35.7 Å². The van der Waals surface area contributed by atoms with Crippen molar-refractivity contribution in [1.82, 2.24) is 5.32 Å². The number of non-ortho nitro benzene ring substituents is 1. The summed E-state index contributed by atoms with van der Waals surface area (Å²) in [6.45, 7) is 3.94. The van der Waals surface area contributed by atoms with Crippen LogP contribution in [0.4, 0.5) is 5.69 Å². The number of benzene rings is 1. The van der Waals surface area contributed by atoms with Gasteiger partial charge in [-0.3, -0.25) is 10.1 Å². The van der Waals surface area contributed by atoms with Crippen molar-refractivity contribution in [2.24, 2.45) is 0 Å². The third-order valence-electron chi connectivity index (χ3n) is 3.24. The second-order valence-electron chi connectivity index (χ2n) is 4.57. The Bertz CT molecular complexity index is 564. The molecule has 1 N–H and O–H groups in total. The van der Waals surface area contributed by atoms with Crippen molar-refractivity contribution >= 4 is 17.0 Å². The van der Waals surface area contributed by atoms with Gasteiger partial charge in [0.2, 0.25) is 0 Å². The number of aryl methyl sites for hydroxylation is 1. The molecule has 0 amide bonds. The molecule has 0 aliphatic heterocycles. The van der Waals surface area contributed by atoms with Crippen LogP contribution in [-0.4, -0.2) is 11.5 Å². The normalized spacial score (nSPS) is 10.7. The second-order valence-corrected chi connectivity index (χ2v) is 5.57. The first kappa shape index (κ1) is 14.7. The Balaban J connectivity index is 1.77. The predicted molar refractivity (Wildman–Crippen MR) is 82.2 cm³/mol. The summed E-state index contributed by atoms with van der Waals surface area (Å²) in [6, 6.07) is 8.94. The van der Waals surface area contributed by atoms with Crippen molar-refractivity contribution in [1.29, 1.82) is 0 Å². The van der Waals surface area contributed by atoms with Gasteiger partial charge in [0.25, 0.3) is 5.69 Å². The van der Waals surface area contributed by atoms with Crippen molar-refractivity contribution in [2.75, 3.05) is 6.54 Å². The summed E-state index contributed by atoms with van der Waals surface area (Å²) >= 11 is 1.79. The Morgan fingerprint density at radius 3 is 2.65 bits per heavy atom. The molecule has 0 fully saturated rings. The van der Waals surface area contributed by atoms with E-state index < -0.39 is 0 Å². The maximum Gasteiger partial charge on any atom is 0.269 e. The molecule has 0 bridgehead atoms. The average molecular weight is 290 g/mol. The number of nitro groups is 1. The van der Waals surface area contributed by atoms with Gasteiger partial charge in [-0.15, -0.1) is 11.3 Å². The van der Waals surface area contributed by atoms with Crippen molar-refractivity contribution < 1.29 is 4.92 Å². The molecule has 106 valence electrons. The van der Waals surface area contributed by atoms with E-state index in [-0.39, 0.29) is 10.6 Å². The molecule has 5 heteroatoms. The van der Waals surface area contributed by atoms with E-state index in [9.17, 15) is 10.1 Å². The van der Waals surface area contributed by atoms with E-state index in [4.69, 9.17) is 0 Å². The van der Waals surface area contributed by atoms with Gasteiger partial charge in [-0.2, -0.15) is 0 Å². The molecule has 1 heterocycles. The standard InChI is InChI=1S/C15H18N2O2S/c1-2-13-8-10-20-15(13)11-16-9-7-12-3-5-14(6-4-12)17(18)19/h3-6,8,10,16H,2,7,9,11H2,1H3. The first-order chi connectivity index (χ1) is 9.70. The Hall–Kier alpha value is -1.72. The molecular weight excluding hydrogens is 272 g/mol. The lowest BCUT2D eigenvalue weighted by atomic mass is 10.1. The van der Waals surface area contributed by atoms with Gasteiger partial charge in [0.05, 0.1) is 4.92 Å². The van der Waals surface area contributed by atoms with Gasteiger partial charge in [0.1, 0.15) is 0 Å². The monoisotopic (exact) mass is 290 g/mol. The number of nitrogens with zero attached hydrogens (tertiary/aromatic N) is 1. The average Bonchev–Trinajstić information content (AvgIpc) is 2.91. The highest BCUT2D eigenvalue weighted by Gasteiger charge is 2.04. The van der Waals surface area contributed by atoms with Gasteiger partial charge < -0.3 is 5.32 Å². The Kier molecular flexibility index (Phi) is 5.26. The Morgan fingerprint density at radius 1 is 1.25 bits per heavy atom. The highest BCUT2D eigenvalue weighted by atomic mass is 32.1. The highest BCUT2D eigenvalue weighted by molar-refractivity contribution is 7.10. The van der Waals surface area contributed by atoms with Gasteiger partial charge in [-0.1, -0.05) is 19.1 Å². The van der Waals surface area contributed by atoms with E-state index in [1.807, 2.05) is 12.1 Å². The van der Waals surface area contributed by atoms with Crippen LogP contribution in [0.2, 0.25) is 0 Å². The molecule has 2 rings (SSSR count). The molecule has 0 atom stereocenters. The maximum absolute atomic E-state index is 10.6. The molecule has 0 aliphatic carbocycles. The van der Waals surface area contributed by atoms with Gasteiger partial charge in [-0.05, 0) is 42.0 Å². The van der Waals surface area contributed by atoms with Crippen molar-refractivity contribution in [3.63, 3.8) is 0 Å². The largest absolute Gasteiger partial charge is 0.312 e. The van der Waals surface area contributed by atoms with Crippen LogP contribution in [0.3, 0.4) is 0 Å². The van der Waals surface area contributed by atoms with Crippen LogP contribution in [0.25, 0.3) is 0 Å². The van der Waals surface area contributed by atoms with E-state index in [1.54, 1.807) is 23.5 Å². The van der Waals surface area contributed by atoms with Crippen LogP contribution >= 0.6 is 11.3 Å². The molecule has 0 saturated heterocycles. The highest BCUT2D eigenvalue weighted by Crippen LogP contribution is 2.17. The molecule has 0 saturated carbocycles. The number of hydrogen-bond acceptors (Lipinski definition) is 4. The second kappa shape index (κ2) is 7.17. The zero-order valence-corrected chi connectivity index (χ0v) is 12.3. The molecule has 1 aromatic heterocycles. The number of nitrogens with one attached hydrogen (secondary N) is 1. The quantitative estimate of drug-likeness (QED) is 0.482. The van der Waals surface area contributed by atoms with Gasteiger partial charge >= 0.3 is 0 Å². The van der Waals surface area contributed by atoms with Crippen LogP contribution in [0.1, 0.15) is 22.9 Å². The molecule has 0 aliphatic rings. The van der Waals surface area contributed by atoms with Gasteiger partial charge in [0, 0.05) is 23.6 Å². The number of rotatable bonds is 7. The van der Waals surface area contributed by atoms with Gasteiger partial charge in [-0.25, -0.2) is 0 Å². The topological polar surface area (TPSA) is 55.2 Å². The third-order valence-corrected chi connectivity index (χ3v) is 4.20. The summed E-state index contributed by atoms with van der Waals surface area (Å²) in [6.07, 6.45) is 1.95. The maximum atomic E-state index is 10.6. The summed E-state index contributed by atoms with van der Waals surface area (Å²) in [5, 5.41) is 16.1. The van der Waals surface area contributed by atoms with Gasteiger partial charge in [0.15, 0.2) is 0 Å². The summed E-state index contributed by atoms with van der Waals surface area (Å²) < 4.78 is 0. The zero-order valence-electron chi connectivity index (χ0n) is 11.5. The van der Waals surface area contributed by atoms with Crippen LogP contribution < -0.4 is 5.32 Å². The molecule has 0 unspecified atom stereocenters. The number of thiophene rings is 1. The molecular formula is C15H18N2O2S. The minimum Gasteiger partial charge on any atom is -0.312 e.